The van der Waals surface area contributed by atoms with Crippen molar-refractivity contribution in [3.63, 3.8) is 0 Å². The Kier molecular flexibility index (Phi) is 6.43. The van der Waals surface area contributed by atoms with Gasteiger partial charge in [-0.15, -0.1) is 0 Å². The first-order valence-electron chi connectivity index (χ1n) is 13.6. The Morgan fingerprint density at radius 2 is 1.24 bits per heavy atom. The summed E-state index contributed by atoms with van der Waals surface area (Å²) in [6.45, 7) is 18.3. The van der Waals surface area contributed by atoms with E-state index >= 15 is 4.57 Å². The fourth-order valence-electron chi connectivity index (χ4n) is 5.92. The summed E-state index contributed by atoms with van der Waals surface area (Å²) in [5.41, 5.74) is 6.06. The van der Waals surface area contributed by atoms with Crippen molar-refractivity contribution in [3.8, 4) is 0 Å². The SMILES string of the molecule is CCc1ccc2c(c1)P(C)(=O)c1cc(C(C)(C)C)cc3c1N2c1ccc(CC)cc1P3(=O)N(CC)CC. The lowest BCUT2D eigenvalue weighted by molar-refractivity contribution is 0.458. The summed E-state index contributed by atoms with van der Waals surface area (Å²) in [7, 11) is -6.16. The molecule has 0 aliphatic carbocycles. The van der Waals surface area contributed by atoms with E-state index in [1.165, 1.54) is 11.1 Å². The van der Waals surface area contributed by atoms with Gasteiger partial charge in [-0.3, -0.25) is 4.57 Å². The molecule has 4 nitrogen and oxygen atoms in total. The van der Waals surface area contributed by atoms with Crippen LogP contribution in [0, 0.1) is 0 Å². The summed E-state index contributed by atoms with van der Waals surface area (Å²) >= 11 is 0. The minimum Gasteiger partial charge on any atom is -0.314 e. The normalized spacial score (nSPS) is 22.0. The number of hydrogen-bond donors (Lipinski definition) is 0. The van der Waals surface area contributed by atoms with Gasteiger partial charge >= 0.3 is 0 Å². The molecule has 0 fully saturated rings. The number of fused-ring (bicyclic) bond motifs is 4. The first-order chi connectivity index (χ1) is 17.4. The molecule has 0 radical (unpaired) electrons. The Hall–Kier alpha value is -2.12. The van der Waals surface area contributed by atoms with E-state index in [9.17, 15) is 4.57 Å². The van der Waals surface area contributed by atoms with Gasteiger partial charge in [0.05, 0.1) is 27.7 Å². The van der Waals surface area contributed by atoms with Gasteiger partial charge in [-0.05, 0) is 78.0 Å². The molecule has 2 aliphatic heterocycles. The van der Waals surface area contributed by atoms with Crippen LogP contribution in [-0.2, 0) is 27.4 Å². The van der Waals surface area contributed by atoms with E-state index in [2.05, 4.69) is 107 Å². The molecule has 5 rings (SSSR count). The molecule has 0 amide bonds. The monoisotopic (exact) mass is 534 g/mol. The smallest absolute Gasteiger partial charge is 0.211 e. The number of hydrogen-bond acceptors (Lipinski definition) is 3. The van der Waals surface area contributed by atoms with Crippen LogP contribution < -0.4 is 26.1 Å². The number of nitrogens with zero attached hydrogens (tertiary/aromatic N) is 2. The van der Waals surface area contributed by atoms with Crippen molar-refractivity contribution in [2.24, 2.45) is 0 Å². The lowest BCUT2D eigenvalue weighted by Crippen LogP contribution is -2.46. The summed E-state index contributed by atoms with van der Waals surface area (Å²) in [4.78, 5) is 2.26. The summed E-state index contributed by atoms with van der Waals surface area (Å²) in [6.07, 6.45) is 1.77. The van der Waals surface area contributed by atoms with Crippen LogP contribution in [0.4, 0.5) is 17.1 Å². The molecule has 196 valence electrons. The van der Waals surface area contributed by atoms with Gasteiger partial charge in [-0.1, -0.05) is 60.6 Å². The number of rotatable bonds is 5. The molecule has 0 spiro atoms. The molecule has 6 heteroatoms. The molecule has 2 heterocycles. The van der Waals surface area contributed by atoms with Crippen molar-refractivity contribution in [3.05, 3.63) is 65.2 Å². The third-order valence-electron chi connectivity index (χ3n) is 8.24. The average Bonchev–Trinajstić information content (AvgIpc) is 2.87. The maximum Gasteiger partial charge on any atom is 0.211 e. The lowest BCUT2D eigenvalue weighted by atomic mass is 9.87. The van der Waals surface area contributed by atoms with E-state index < -0.39 is 14.4 Å². The Bertz CT molecular complexity index is 1500. The van der Waals surface area contributed by atoms with E-state index in [4.69, 9.17) is 0 Å². The highest BCUT2D eigenvalue weighted by Crippen LogP contribution is 2.61. The van der Waals surface area contributed by atoms with Gasteiger partial charge < -0.3 is 9.46 Å². The first kappa shape index (κ1) is 26.5. The second-order valence-corrected chi connectivity index (χ2v) is 16.9. The molecule has 2 aliphatic rings. The van der Waals surface area contributed by atoms with E-state index in [0.717, 1.165) is 56.7 Å². The molecule has 37 heavy (non-hydrogen) atoms. The third kappa shape index (κ3) is 3.75. The number of anilines is 3. The summed E-state index contributed by atoms with van der Waals surface area (Å²) in [5, 5.41) is 3.49. The standard InChI is InChI=1S/C31H40N2O2P2/c1-9-21-13-15-24-26(17-21)36(8,34)28-19-23(31(5,6)7)20-29-30(28)33(24)25-16-14-22(10-2)18-27(25)37(29,35)32(11-3)12-4/h13-20H,9-12H2,1-8H3. The zero-order chi connectivity index (χ0) is 26.9. The van der Waals surface area contributed by atoms with Gasteiger partial charge in [0.1, 0.15) is 7.14 Å². The predicted molar refractivity (Wildman–Crippen MR) is 161 cm³/mol. The molecule has 0 bridgehead atoms. The zero-order valence-corrected chi connectivity index (χ0v) is 25.3. The van der Waals surface area contributed by atoms with Gasteiger partial charge in [0.15, 0.2) is 0 Å². The topological polar surface area (TPSA) is 40.6 Å². The third-order valence-corrected chi connectivity index (χ3v) is 14.1. The predicted octanol–water partition coefficient (Wildman–Crippen LogP) is 6.72. The average molecular weight is 535 g/mol. The fourth-order valence-corrected chi connectivity index (χ4v) is 11.6. The molecule has 3 aromatic carbocycles. The first-order valence-corrected chi connectivity index (χ1v) is 17.4. The maximum absolute atomic E-state index is 15.7. The molecule has 0 saturated carbocycles. The fraction of sp³-hybridized carbons (Fsp3) is 0.419. The van der Waals surface area contributed by atoms with E-state index in [1.54, 1.807) is 0 Å². The van der Waals surface area contributed by atoms with Crippen LogP contribution >= 0.6 is 14.4 Å². The van der Waals surface area contributed by atoms with Crippen molar-refractivity contribution in [2.75, 3.05) is 24.7 Å². The van der Waals surface area contributed by atoms with Gasteiger partial charge in [-0.25, -0.2) is 4.67 Å². The summed E-state index contributed by atoms with van der Waals surface area (Å²) in [5.74, 6) is 0. The second kappa shape index (κ2) is 8.98. The summed E-state index contributed by atoms with van der Waals surface area (Å²) in [6, 6.07) is 17.2. The van der Waals surface area contributed by atoms with Crippen LogP contribution in [0.3, 0.4) is 0 Å². The molecule has 0 aromatic heterocycles. The Balaban J connectivity index is 2.00. The summed E-state index contributed by atoms with van der Waals surface area (Å²) < 4.78 is 32.7. The van der Waals surface area contributed by atoms with E-state index in [0.29, 0.717) is 13.1 Å². The Morgan fingerprint density at radius 3 is 1.76 bits per heavy atom. The van der Waals surface area contributed by atoms with Crippen molar-refractivity contribution < 1.29 is 9.13 Å². The van der Waals surface area contributed by atoms with Gasteiger partial charge in [0, 0.05) is 23.7 Å². The van der Waals surface area contributed by atoms with Gasteiger partial charge in [0.2, 0.25) is 7.29 Å². The van der Waals surface area contributed by atoms with Crippen LogP contribution in [0.25, 0.3) is 0 Å². The highest BCUT2D eigenvalue weighted by molar-refractivity contribution is 7.80. The van der Waals surface area contributed by atoms with Gasteiger partial charge in [-0.2, -0.15) is 0 Å². The Morgan fingerprint density at radius 1 is 0.730 bits per heavy atom. The van der Waals surface area contributed by atoms with E-state index in [1.807, 2.05) is 6.66 Å². The molecular formula is C31H40N2O2P2. The molecule has 2 unspecified atom stereocenters. The van der Waals surface area contributed by atoms with Crippen molar-refractivity contribution in [1.29, 1.82) is 0 Å². The molecule has 0 N–H and O–H groups in total. The maximum atomic E-state index is 15.7. The van der Waals surface area contributed by atoms with Crippen molar-refractivity contribution in [1.82, 2.24) is 4.67 Å². The minimum absolute atomic E-state index is 0.179. The molecular weight excluding hydrogens is 494 g/mol. The van der Waals surface area contributed by atoms with E-state index in [-0.39, 0.29) is 5.41 Å². The Labute approximate surface area is 222 Å². The highest BCUT2D eigenvalue weighted by Gasteiger charge is 2.49. The van der Waals surface area contributed by atoms with Crippen LogP contribution in [0.1, 0.15) is 65.2 Å². The highest BCUT2D eigenvalue weighted by atomic mass is 31.2. The molecule has 3 aromatic rings. The van der Waals surface area contributed by atoms with Crippen LogP contribution in [-0.4, -0.2) is 24.4 Å². The molecule has 0 saturated heterocycles. The minimum atomic E-state index is -3.20. The zero-order valence-electron chi connectivity index (χ0n) is 23.6. The largest absolute Gasteiger partial charge is 0.314 e. The van der Waals surface area contributed by atoms with Crippen molar-refractivity contribution >= 4 is 52.7 Å². The van der Waals surface area contributed by atoms with Gasteiger partial charge in [0.25, 0.3) is 0 Å². The number of aryl methyl sites for hydroxylation is 2. The van der Waals surface area contributed by atoms with Crippen molar-refractivity contribution in [2.45, 2.75) is 66.7 Å². The lowest BCUT2D eigenvalue weighted by Gasteiger charge is -2.46. The number of benzene rings is 3. The second-order valence-electron chi connectivity index (χ2n) is 11.4. The van der Waals surface area contributed by atoms with Crippen LogP contribution in [0.5, 0.6) is 0 Å². The quantitative estimate of drug-likeness (QED) is 0.341. The van der Waals surface area contributed by atoms with Crippen LogP contribution in [0.2, 0.25) is 0 Å². The van der Waals surface area contributed by atoms with Crippen LogP contribution in [0.15, 0.2) is 48.5 Å². The molecule has 2 atom stereocenters.